The van der Waals surface area contributed by atoms with Gasteiger partial charge in [-0.15, -0.1) is 0 Å². The highest BCUT2D eigenvalue weighted by molar-refractivity contribution is 7.99. The molecule has 1 heterocycles. The number of nitrogens with zero attached hydrogens (tertiary/aromatic N) is 2. The summed E-state index contributed by atoms with van der Waals surface area (Å²) in [6.07, 6.45) is 3.23. The van der Waals surface area contributed by atoms with E-state index in [-0.39, 0.29) is 0 Å². The van der Waals surface area contributed by atoms with E-state index in [0.29, 0.717) is 12.4 Å². The number of nitrogen functional groups attached to an aromatic ring is 1. The molecular weight excluding hydrogens is 258 g/mol. The molecule has 0 fully saturated rings. The summed E-state index contributed by atoms with van der Waals surface area (Å²) < 4.78 is 5.77. The Morgan fingerprint density at radius 1 is 1.21 bits per heavy atom. The molecule has 1 aromatic carbocycles. The van der Waals surface area contributed by atoms with Crippen LogP contribution in [-0.2, 0) is 0 Å². The highest BCUT2D eigenvalue weighted by atomic mass is 32.2. The normalized spacial score (nSPS) is 10.4. The number of benzene rings is 1. The molecule has 2 N–H and O–H groups in total. The molecule has 2 rings (SSSR count). The topological polar surface area (TPSA) is 61.0 Å². The first-order valence-electron chi connectivity index (χ1n) is 6.06. The number of hydrogen-bond acceptors (Lipinski definition) is 5. The van der Waals surface area contributed by atoms with E-state index in [1.165, 1.54) is 5.56 Å². The first-order valence-corrected chi connectivity index (χ1v) is 7.04. The van der Waals surface area contributed by atoms with Gasteiger partial charge in [-0.2, -0.15) is 0 Å². The van der Waals surface area contributed by atoms with Gasteiger partial charge in [0.1, 0.15) is 10.8 Å². The van der Waals surface area contributed by atoms with E-state index in [4.69, 9.17) is 10.5 Å². The van der Waals surface area contributed by atoms with Crippen molar-refractivity contribution in [2.45, 2.75) is 18.9 Å². The van der Waals surface area contributed by atoms with Crippen LogP contribution in [0.3, 0.4) is 0 Å². The van der Waals surface area contributed by atoms with Crippen LogP contribution < -0.4 is 10.5 Å². The zero-order chi connectivity index (χ0) is 13.7. The van der Waals surface area contributed by atoms with Gasteiger partial charge in [0.2, 0.25) is 0 Å². The van der Waals surface area contributed by atoms with Crippen LogP contribution in [0.25, 0.3) is 0 Å². The molecule has 2 aromatic rings. The molecule has 0 amide bonds. The minimum Gasteiger partial charge on any atom is -0.492 e. The van der Waals surface area contributed by atoms with Gasteiger partial charge in [0.05, 0.1) is 6.61 Å². The Morgan fingerprint density at radius 2 is 2.00 bits per heavy atom. The van der Waals surface area contributed by atoms with Crippen LogP contribution in [0.4, 0.5) is 5.82 Å². The second kappa shape index (κ2) is 6.43. The summed E-state index contributed by atoms with van der Waals surface area (Å²) >= 11 is 1.55. The number of thioether (sulfide) groups is 1. The van der Waals surface area contributed by atoms with Crippen molar-refractivity contribution in [3.8, 4) is 5.75 Å². The van der Waals surface area contributed by atoms with Gasteiger partial charge >= 0.3 is 0 Å². The van der Waals surface area contributed by atoms with Gasteiger partial charge in [0.15, 0.2) is 5.82 Å². The average Bonchev–Trinajstić information content (AvgIpc) is 2.40. The largest absolute Gasteiger partial charge is 0.492 e. The smallest absolute Gasteiger partial charge is 0.156 e. The molecule has 0 atom stereocenters. The van der Waals surface area contributed by atoms with Crippen molar-refractivity contribution in [2.24, 2.45) is 0 Å². The molecular formula is C14H17N3OS. The number of nitrogens with two attached hydrogens (primary N) is 1. The van der Waals surface area contributed by atoms with Gasteiger partial charge in [-0.05, 0) is 31.0 Å². The molecule has 4 nitrogen and oxygen atoms in total. The molecule has 0 aliphatic heterocycles. The Labute approximate surface area is 117 Å². The quantitative estimate of drug-likeness (QED) is 0.671. The number of aryl methyl sites for hydroxylation is 2. The standard InChI is InChI=1S/C14H17N3OS/c1-10-3-4-11(2)12(9-10)18-7-8-19-14-13(15)16-5-6-17-14/h3-6,9H,7-8H2,1-2H3,(H2,15,16). The first-order chi connectivity index (χ1) is 9.16. The molecule has 5 heteroatoms. The summed E-state index contributed by atoms with van der Waals surface area (Å²) in [5.41, 5.74) is 8.07. The Morgan fingerprint density at radius 3 is 2.79 bits per heavy atom. The van der Waals surface area contributed by atoms with Crippen molar-refractivity contribution in [1.29, 1.82) is 0 Å². The van der Waals surface area contributed by atoms with Crippen molar-refractivity contribution in [1.82, 2.24) is 9.97 Å². The molecule has 0 radical (unpaired) electrons. The third kappa shape index (κ3) is 3.86. The van der Waals surface area contributed by atoms with Crippen molar-refractivity contribution >= 4 is 17.6 Å². The molecule has 100 valence electrons. The van der Waals surface area contributed by atoms with Gasteiger partial charge in [-0.25, -0.2) is 9.97 Å². The van der Waals surface area contributed by atoms with Crippen LogP contribution in [0.5, 0.6) is 5.75 Å². The van der Waals surface area contributed by atoms with Crippen molar-refractivity contribution in [3.05, 3.63) is 41.7 Å². The maximum atomic E-state index is 5.77. The summed E-state index contributed by atoms with van der Waals surface area (Å²) in [7, 11) is 0. The fourth-order valence-electron chi connectivity index (χ4n) is 1.60. The van der Waals surface area contributed by atoms with E-state index < -0.39 is 0 Å². The Balaban J connectivity index is 1.84. The molecule has 0 aliphatic rings. The van der Waals surface area contributed by atoms with E-state index >= 15 is 0 Å². The van der Waals surface area contributed by atoms with E-state index in [1.54, 1.807) is 24.2 Å². The van der Waals surface area contributed by atoms with E-state index in [2.05, 4.69) is 35.1 Å². The highest BCUT2D eigenvalue weighted by Gasteiger charge is 2.03. The van der Waals surface area contributed by atoms with Crippen molar-refractivity contribution in [2.75, 3.05) is 18.1 Å². The Bertz CT molecular complexity index is 560. The van der Waals surface area contributed by atoms with E-state index in [9.17, 15) is 0 Å². The fourth-order valence-corrected chi connectivity index (χ4v) is 2.30. The van der Waals surface area contributed by atoms with E-state index in [0.717, 1.165) is 22.1 Å². The van der Waals surface area contributed by atoms with Gasteiger partial charge in [-0.1, -0.05) is 23.9 Å². The summed E-state index contributed by atoms with van der Waals surface area (Å²) in [4.78, 5) is 8.17. The van der Waals surface area contributed by atoms with Crippen molar-refractivity contribution < 1.29 is 4.74 Å². The summed E-state index contributed by atoms with van der Waals surface area (Å²) in [5, 5.41) is 0.757. The number of anilines is 1. The molecule has 0 spiro atoms. The number of aromatic nitrogens is 2. The Kier molecular flexibility index (Phi) is 4.63. The predicted octanol–water partition coefficient (Wildman–Crippen LogP) is 2.85. The first kappa shape index (κ1) is 13.7. The maximum absolute atomic E-state index is 5.77. The Hall–Kier alpha value is -1.75. The third-order valence-electron chi connectivity index (χ3n) is 2.61. The minimum atomic E-state index is 0.472. The van der Waals surface area contributed by atoms with Gasteiger partial charge in [-0.3, -0.25) is 0 Å². The second-order valence-electron chi connectivity index (χ2n) is 4.21. The molecule has 0 bridgehead atoms. The molecule has 19 heavy (non-hydrogen) atoms. The van der Waals surface area contributed by atoms with Crippen LogP contribution in [-0.4, -0.2) is 22.3 Å². The highest BCUT2D eigenvalue weighted by Crippen LogP contribution is 2.22. The number of hydrogen-bond donors (Lipinski definition) is 1. The van der Waals surface area contributed by atoms with Crippen LogP contribution in [0.15, 0.2) is 35.6 Å². The zero-order valence-corrected chi connectivity index (χ0v) is 11.9. The summed E-state index contributed by atoms with van der Waals surface area (Å²) in [6.45, 7) is 4.72. The lowest BCUT2D eigenvalue weighted by Gasteiger charge is -2.09. The van der Waals surface area contributed by atoms with Crippen molar-refractivity contribution in [3.63, 3.8) is 0 Å². The number of ether oxygens (including phenoxy) is 1. The zero-order valence-electron chi connectivity index (χ0n) is 11.1. The van der Waals surface area contributed by atoms with Gasteiger partial charge < -0.3 is 10.5 Å². The van der Waals surface area contributed by atoms with Crippen LogP contribution >= 0.6 is 11.8 Å². The SMILES string of the molecule is Cc1ccc(C)c(OCCSc2nccnc2N)c1. The van der Waals surface area contributed by atoms with Crippen LogP contribution in [0.1, 0.15) is 11.1 Å². The minimum absolute atomic E-state index is 0.472. The van der Waals surface area contributed by atoms with E-state index in [1.807, 2.05) is 6.92 Å². The monoisotopic (exact) mass is 275 g/mol. The lowest BCUT2D eigenvalue weighted by molar-refractivity contribution is 0.341. The van der Waals surface area contributed by atoms with Crippen LogP contribution in [0.2, 0.25) is 0 Å². The summed E-state index contributed by atoms with van der Waals surface area (Å²) in [6, 6.07) is 6.20. The van der Waals surface area contributed by atoms with Gasteiger partial charge in [0, 0.05) is 18.1 Å². The summed E-state index contributed by atoms with van der Waals surface area (Å²) in [5.74, 6) is 2.20. The van der Waals surface area contributed by atoms with Crippen LogP contribution in [0, 0.1) is 13.8 Å². The molecule has 0 unspecified atom stereocenters. The fraction of sp³-hybridized carbons (Fsp3) is 0.286. The third-order valence-corrected chi connectivity index (χ3v) is 3.57. The molecule has 0 saturated carbocycles. The molecule has 0 saturated heterocycles. The lowest BCUT2D eigenvalue weighted by atomic mass is 10.1. The molecule has 0 aliphatic carbocycles. The number of rotatable bonds is 5. The molecule has 1 aromatic heterocycles. The predicted molar refractivity (Wildman–Crippen MR) is 78.6 cm³/mol. The lowest BCUT2D eigenvalue weighted by Crippen LogP contribution is -2.03. The second-order valence-corrected chi connectivity index (χ2v) is 5.30. The maximum Gasteiger partial charge on any atom is 0.156 e. The average molecular weight is 275 g/mol. The van der Waals surface area contributed by atoms with Gasteiger partial charge in [0.25, 0.3) is 0 Å².